The molecule has 5 heteroatoms. The predicted octanol–water partition coefficient (Wildman–Crippen LogP) is 13.7. The van der Waals surface area contributed by atoms with Gasteiger partial charge in [0, 0.05) is 43.8 Å². The Hall–Kier alpha value is -7.63. The van der Waals surface area contributed by atoms with E-state index in [9.17, 15) is 0 Å². The molecule has 262 valence electrons. The fourth-order valence-electron chi connectivity index (χ4n) is 7.89. The van der Waals surface area contributed by atoms with Gasteiger partial charge >= 0.3 is 0 Å². The Kier molecular flexibility index (Phi) is 7.42. The Balaban J connectivity index is 1.03. The van der Waals surface area contributed by atoms with Crippen LogP contribution in [0.15, 0.2) is 197 Å². The molecule has 11 rings (SSSR count). The Labute approximate surface area is 322 Å². The van der Waals surface area contributed by atoms with Crippen LogP contribution in [0.25, 0.3) is 111 Å². The van der Waals surface area contributed by atoms with Crippen molar-refractivity contribution in [1.29, 1.82) is 0 Å². The normalized spacial score (nSPS) is 11.6. The zero-order valence-electron chi connectivity index (χ0n) is 30.1. The Bertz CT molecular complexity index is 3230. The first kappa shape index (κ1) is 31.9. The molecule has 11 aromatic rings. The van der Waals surface area contributed by atoms with Crippen LogP contribution >= 0.6 is 0 Å². The number of aromatic nitrogens is 3. The maximum absolute atomic E-state index is 6.36. The van der Waals surface area contributed by atoms with Gasteiger partial charge in [-0.15, -0.1) is 0 Å². The van der Waals surface area contributed by atoms with Crippen molar-refractivity contribution in [3.63, 3.8) is 0 Å². The van der Waals surface area contributed by atoms with E-state index in [1.165, 1.54) is 0 Å². The maximum atomic E-state index is 6.36. The fourth-order valence-corrected chi connectivity index (χ4v) is 7.89. The molecule has 0 saturated carbocycles. The number of benzene rings is 8. The van der Waals surface area contributed by atoms with E-state index in [2.05, 4.69) is 133 Å². The van der Waals surface area contributed by atoms with E-state index < -0.39 is 0 Å². The summed E-state index contributed by atoms with van der Waals surface area (Å²) in [6.07, 6.45) is 0. The largest absolute Gasteiger partial charge is 0.456 e. The van der Waals surface area contributed by atoms with Crippen molar-refractivity contribution in [2.45, 2.75) is 0 Å². The van der Waals surface area contributed by atoms with Gasteiger partial charge in [-0.2, -0.15) is 0 Å². The molecule has 0 aliphatic heterocycles. The average molecular weight is 718 g/mol. The van der Waals surface area contributed by atoms with Crippen LogP contribution in [0.2, 0.25) is 0 Å². The van der Waals surface area contributed by atoms with Crippen LogP contribution in [0.5, 0.6) is 0 Å². The predicted molar refractivity (Wildman–Crippen MR) is 227 cm³/mol. The molecule has 0 N–H and O–H groups in total. The molecule has 0 amide bonds. The first-order chi connectivity index (χ1) is 27.7. The quantitative estimate of drug-likeness (QED) is 0.171. The minimum absolute atomic E-state index is 0.597. The minimum Gasteiger partial charge on any atom is -0.456 e. The highest BCUT2D eigenvalue weighted by Crippen LogP contribution is 2.39. The minimum atomic E-state index is 0.597. The Morgan fingerprint density at radius 1 is 0.268 bits per heavy atom. The topological polar surface area (TPSA) is 65.0 Å². The molecule has 5 nitrogen and oxygen atoms in total. The van der Waals surface area contributed by atoms with E-state index in [0.717, 1.165) is 93.9 Å². The highest BCUT2D eigenvalue weighted by Gasteiger charge is 2.18. The molecule has 0 bridgehead atoms. The van der Waals surface area contributed by atoms with Crippen molar-refractivity contribution in [2.24, 2.45) is 0 Å². The lowest BCUT2D eigenvalue weighted by molar-refractivity contribution is 0.669. The number of para-hydroxylation sites is 3. The van der Waals surface area contributed by atoms with Gasteiger partial charge in [0.1, 0.15) is 22.3 Å². The first-order valence-corrected chi connectivity index (χ1v) is 18.7. The fraction of sp³-hybridized carbons (Fsp3) is 0. The molecule has 0 atom stereocenters. The molecule has 56 heavy (non-hydrogen) atoms. The van der Waals surface area contributed by atoms with Crippen LogP contribution in [-0.4, -0.2) is 15.0 Å². The van der Waals surface area contributed by atoms with Crippen LogP contribution in [0, 0.1) is 0 Å². The molecular weight excluding hydrogens is 687 g/mol. The maximum Gasteiger partial charge on any atom is 0.164 e. The second-order valence-electron chi connectivity index (χ2n) is 13.9. The van der Waals surface area contributed by atoms with E-state index in [1.54, 1.807) is 0 Å². The van der Waals surface area contributed by atoms with Gasteiger partial charge in [0.15, 0.2) is 17.5 Å². The summed E-state index contributed by atoms with van der Waals surface area (Å²) < 4.78 is 12.6. The molecular formula is C51H31N3O2. The van der Waals surface area contributed by atoms with Gasteiger partial charge in [-0.3, -0.25) is 0 Å². The lowest BCUT2D eigenvalue weighted by Gasteiger charge is -2.12. The molecule has 0 aliphatic rings. The van der Waals surface area contributed by atoms with Gasteiger partial charge in [-0.25, -0.2) is 15.0 Å². The molecule has 0 radical (unpaired) electrons. The van der Waals surface area contributed by atoms with E-state index in [0.29, 0.717) is 17.5 Å². The smallest absolute Gasteiger partial charge is 0.164 e. The molecule has 0 fully saturated rings. The van der Waals surface area contributed by atoms with Crippen molar-refractivity contribution >= 4 is 43.9 Å². The number of hydrogen-bond acceptors (Lipinski definition) is 5. The third-order valence-electron chi connectivity index (χ3n) is 10.6. The standard InChI is InChI=1S/C51H31N3O2/c1-2-12-32(13-3-1)37-14-4-5-16-42(37)51-53-49(35-28-24-33(25-29-35)38-18-11-23-46-47(38)43-17-7-9-22-45(43)55-46)52-50(54-51)36-30-26-34(27-31-36)39-19-10-20-41-40-15-6-8-21-44(40)56-48(39)41/h1-31H. The van der Waals surface area contributed by atoms with E-state index in [-0.39, 0.29) is 0 Å². The summed E-state index contributed by atoms with van der Waals surface area (Å²) in [5.74, 6) is 1.81. The van der Waals surface area contributed by atoms with Crippen molar-refractivity contribution in [3.05, 3.63) is 188 Å². The van der Waals surface area contributed by atoms with Crippen molar-refractivity contribution in [1.82, 2.24) is 15.0 Å². The zero-order chi connectivity index (χ0) is 37.0. The Morgan fingerprint density at radius 3 is 1.46 bits per heavy atom. The van der Waals surface area contributed by atoms with Crippen LogP contribution in [0.3, 0.4) is 0 Å². The van der Waals surface area contributed by atoms with E-state index in [4.69, 9.17) is 23.8 Å². The number of fused-ring (bicyclic) bond motifs is 6. The number of furan rings is 2. The third-order valence-corrected chi connectivity index (χ3v) is 10.6. The zero-order valence-corrected chi connectivity index (χ0v) is 30.1. The highest BCUT2D eigenvalue weighted by molar-refractivity contribution is 6.12. The van der Waals surface area contributed by atoms with Crippen molar-refractivity contribution < 1.29 is 8.83 Å². The summed E-state index contributed by atoms with van der Waals surface area (Å²) in [6, 6.07) is 64.5. The SMILES string of the molecule is c1ccc(-c2ccccc2-c2nc(-c3ccc(-c4cccc5c4oc4ccccc45)cc3)nc(-c3ccc(-c4cccc5oc6ccccc6c45)cc3)n2)cc1. The monoisotopic (exact) mass is 717 g/mol. The van der Waals surface area contributed by atoms with Gasteiger partial charge < -0.3 is 8.83 Å². The number of nitrogens with zero attached hydrogens (tertiary/aromatic N) is 3. The lowest BCUT2D eigenvalue weighted by Crippen LogP contribution is -2.01. The van der Waals surface area contributed by atoms with Gasteiger partial charge in [-0.05, 0) is 46.0 Å². The third kappa shape index (κ3) is 5.37. The van der Waals surface area contributed by atoms with Gasteiger partial charge in [0.2, 0.25) is 0 Å². The molecule has 8 aromatic carbocycles. The van der Waals surface area contributed by atoms with Gasteiger partial charge in [0.05, 0.1) is 0 Å². The van der Waals surface area contributed by atoms with Crippen LogP contribution < -0.4 is 0 Å². The second-order valence-corrected chi connectivity index (χ2v) is 13.9. The molecule has 3 aromatic heterocycles. The van der Waals surface area contributed by atoms with Gasteiger partial charge in [0.25, 0.3) is 0 Å². The molecule has 0 unspecified atom stereocenters. The Morgan fingerprint density at radius 2 is 0.732 bits per heavy atom. The second kappa shape index (κ2) is 13.0. The highest BCUT2D eigenvalue weighted by atomic mass is 16.3. The first-order valence-electron chi connectivity index (χ1n) is 18.7. The van der Waals surface area contributed by atoms with Crippen molar-refractivity contribution in [3.8, 4) is 67.5 Å². The number of hydrogen-bond donors (Lipinski definition) is 0. The van der Waals surface area contributed by atoms with Gasteiger partial charge in [-0.1, -0.05) is 170 Å². The van der Waals surface area contributed by atoms with Crippen LogP contribution in [0.1, 0.15) is 0 Å². The number of rotatable bonds is 6. The summed E-state index contributed by atoms with van der Waals surface area (Å²) in [4.78, 5) is 15.4. The van der Waals surface area contributed by atoms with Crippen LogP contribution in [-0.2, 0) is 0 Å². The summed E-state index contributed by atoms with van der Waals surface area (Å²) in [6.45, 7) is 0. The molecule has 0 aliphatic carbocycles. The summed E-state index contributed by atoms with van der Waals surface area (Å²) in [5, 5.41) is 4.43. The van der Waals surface area contributed by atoms with Crippen molar-refractivity contribution in [2.75, 3.05) is 0 Å². The summed E-state index contributed by atoms with van der Waals surface area (Å²) in [5.41, 5.74) is 12.7. The van der Waals surface area contributed by atoms with Crippen LogP contribution in [0.4, 0.5) is 0 Å². The summed E-state index contributed by atoms with van der Waals surface area (Å²) in [7, 11) is 0. The molecule has 0 spiro atoms. The summed E-state index contributed by atoms with van der Waals surface area (Å²) >= 11 is 0. The van der Waals surface area contributed by atoms with E-state index >= 15 is 0 Å². The molecule has 3 heterocycles. The molecule has 0 saturated heterocycles. The average Bonchev–Trinajstić information content (AvgIpc) is 3.86. The lowest BCUT2D eigenvalue weighted by atomic mass is 9.98. The van der Waals surface area contributed by atoms with E-state index in [1.807, 2.05) is 54.6 Å².